The Hall–Kier alpha value is -2.87. The van der Waals surface area contributed by atoms with Crippen LogP contribution in [0.25, 0.3) is 0 Å². The number of benzene rings is 1. The molecule has 0 aliphatic heterocycles. The Morgan fingerprint density at radius 2 is 2.16 bits per heavy atom. The predicted molar refractivity (Wildman–Crippen MR) is 72.5 cm³/mol. The van der Waals surface area contributed by atoms with Crippen molar-refractivity contribution in [2.45, 2.75) is 6.92 Å². The van der Waals surface area contributed by atoms with E-state index in [9.17, 15) is 4.79 Å². The van der Waals surface area contributed by atoms with Gasteiger partial charge in [-0.05, 0) is 36.8 Å². The number of carbonyl (C=O) groups is 1. The van der Waals surface area contributed by atoms with Gasteiger partial charge in [-0.1, -0.05) is 6.07 Å². The molecule has 94 valence electrons. The van der Waals surface area contributed by atoms with Gasteiger partial charge in [0, 0.05) is 17.6 Å². The molecule has 0 fully saturated rings. The van der Waals surface area contributed by atoms with Crippen molar-refractivity contribution in [2.75, 3.05) is 11.1 Å². The maximum absolute atomic E-state index is 12.0. The molecule has 5 heteroatoms. The number of pyridine rings is 1. The minimum Gasteiger partial charge on any atom is -0.399 e. The van der Waals surface area contributed by atoms with E-state index in [-0.39, 0.29) is 11.6 Å². The van der Waals surface area contributed by atoms with Crippen LogP contribution >= 0.6 is 0 Å². The number of nitriles is 1. The monoisotopic (exact) mass is 252 g/mol. The summed E-state index contributed by atoms with van der Waals surface area (Å²) in [4.78, 5) is 16.0. The lowest BCUT2D eigenvalue weighted by Crippen LogP contribution is -2.14. The number of hydrogen-bond acceptors (Lipinski definition) is 4. The molecule has 0 unspecified atom stereocenters. The van der Waals surface area contributed by atoms with Crippen molar-refractivity contribution >= 4 is 17.3 Å². The zero-order chi connectivity index (χ0) is 13.8. The fourth-order valence-electron chi connectivity index (χ4n) is 1.58. The number of aryl methyl sites for hydroxylation is 1. The Labute approximate surface area is 110 Å². The van der Waals surface area contributed by atoms with E-state index < -0.39 is 0 Å². The highest BCUT2D eigenvalue weighted by atomic mass is 16.1. The quantitative estimate of drug-likeness (QED) is 0.856. The van der Waals surface area contributed by atoms with Gasteiger partial charge in [0.15, 0.2) is 0 Å². The standard InChI is InChI=1S/C14H12N4O/c1-9-2-3-10(8-15)6-12(9)18-14(19)13-7-11(16)4-5-17-13/h2-7H,1H3,(H2,16,17)(H,18,19). The van der Waals surface area contributed by atoms with Crippen LogP contribution in [-0.4, -0.2) is 10.9 Å². The third-order valence-corrected chi connectivity index (χ3v) is 2.63. The van der Waals surface area contributed by atoms with Gasteiger partial charge in [0.05, 0.1) is 11.6 Å². The van der Waals surface area contributed by atoms with Crippen LogP contribution in [0.4, 0.5) is 11.4 Å². The van der Waals surface area contributed by atoms with Crippen molar-refractivity contribution in [3.8, 4) is 6.07 Å². The molecule has 0 bridgehead atoms. The average Bonchev–Trinajstić information content (AvgIpc) is 2.41. The second-order valence-corrected chi connectivity index (χ2v) is 4.07. The third-order valence-electron chi connectivity index (χ3n) is 2.63. The van der Waals surface area contributed by atoms with Crippen LogP contribution in [0, 0.1) is 18.3 Å². The Bertz CT molecular complexity index is 673. The van der Waals surface area contributed by atoms with Crippen molar-refractivity contribution in [3.05, 3.63) is 53.3 Å². The zero-order valence-corrected chi connectivity index (χ0v) is 10.3. The molecule has 5 nitrogen and oxygen atoms in total. The SMILES string of the molecule is Cc1ccc(C#N)cc1NC(=O)c1cc(N)ccn1. The zero-order valence-electron chi connectivity index (χ0n) is 10.3. The lowest BCUT2D eigenvalue weighted by molar-refractivity contribution is 0.102. The first-order valence-electron chi connectivity index (χ1n) is 5.64. The van der Waals surface area contributed by atoms with Crippen LogP contribution < -0.4 is 11.1 Å². The summed E-state index contributed by atoms with van der Waals surface area (Å²) in [6.07, 6.45) is 1.48. The summed E-state index contributed by atoms with van der Waals surface area (Å²) >= 11 is 0. The molecule has 0 saturated carbocycles. The lowest BCUT2D eigenvalue weighted by Gasteiger charge is -2.08. The normalized spacial score (nSPS) is 9.68. The number of nitrogens with zero attached hydrogens (tertiary/aromatic N) is 2. The first kappa shape index (κ1) is 12.6. The van der Waals surface area contributed by atoms with Crippen LogP contribution in [0.3, 0.4) is 0 Å². The summed E-state index contributed by atoms with van der Waals surface area (Å²) in [6, 6.07) is 10.2. The molecular formula is C14H12N4O. The van der Waals surface area contributed by atoms with Crippen molar-refractivity contribution in [1.82, 2.24) is 4.98 Å². The van der Waals surface area contributed by atoms with Crippen molar-refractivity contribution in [1.29, 1.82) is 5.26 Å². The van der Waals surface area contributed by atoms with E-state index in [4.69, 9.17) is 11.0 Å². The van der Waals surface area contributed by atoms with Gasteiger partial charge in [-0.2, -0.15) is 5.26 Å². The van der Waals surface area contributed by atoms with E-state index in [0.29, 0.717) is 16.9 Å². The van der Waals surface area contributed by atoms with Gasteiger partial charge in [-0.15, -0.1) is 0 Å². The first-order chi connectivity index (χ1) is 9.10. The summed E-state index contributed by atoms with van der Waals surface area (Å²) in [5.74, 6) is -0.356. The number of hydrogen-bond donors (Lipinski definition) is 2. The van der Waals surface area contributed by atoms with Gasteiger partial charge in [-0.25, -0.2) is 0 Å². The van der Waals surface area contributed by atoms with Gasteiger partial charge < -0.3 is 11.1 Å². The second-order valence-electron chi connectivity index (χ2n) is 4.07. The predicted octanol–water partition coefficient (Wildman–Crippen LogP) is 2.10. The number of anilines is 2. The van der Waals surface area contributed by atoms with Crippen molar-refractivity contribution in [2.24, 2.45) is 0 Å². The number of nitrogens with one attached hydrogen (secondary N) is 1. The number of carbonyl (C=O) groups excluding carboxylic acids is 1. The molecule has 0 radical (unpaired) electrons. The second kappa shape index (κ2) is 5.19. The number of nitrogens with two attached hydrogens (primary N) is 1. The smallest absolute Gasteiger partial charge is 0.274 e. The molecule has 1 aromatic heterocycles. The lowest BCUT2D eigenvalue weighted by atomic mass is 10.1. The third kappa shape index (κ3) is 2.87. The van der Waals surface area contributed by atoms with E-state index >= 15 is 0 Å². The van der Waals surface area contributed by atoms with Crippen LogP contribution in [-0.2, 0) is 0 Å². The number of nitrogen functional groups attached to an aromatic ring is 1. The van der Waals surface area contributed by atoms with Crippen LogP contribution in [0.1, 0.15) is 21.6 Å². The average molecular weight is 252 g/mol. The number of aromatic nitrogens is 1. The van der Waals surface area contributed by atoms with E-state index in [0.717, 1.165) is 5.56 Å². The van der Waals surface area contributed by atoms with E-state index in [1.807, 2.05) is 13.0 Å². The maximum Gasteiger partial charge on any atom is 0.274 e. The molecule has 2 aromatic rings. The minimum absolute atomic E-state index is 0.238. The highest BCUT2D eigenvalue weighted by Gasteiger charge is 2.09. The molecule has 1 aromatic carbocycles. The van der Waals surface area contributed by atoms with Crippen molar-refractivity contribution < 1.29 is 4.79 Å². The highest BCUT2D eigenvalue weighted by molar-refractivity contribution is 6.03. The molecule has 1 amide bonds. The van der Waals surface area contributed by atoms with E-state index in [1.54, 1.807) is 24.3 Å². The topological polar surface area (TPSA) is 91.8 Å². The summed E-state index contributed by atoms with van der Waals surface area (Å²) in [6.45, 7) is 1.85. The summed E-state index contributed by atoms with van der Waals surface area (Å²) in [7, 11) is 0. The molecule has 0 atom stereocenters. The Balaban J connectivity index is 2.27. The molecule has 0 saturated heterocycles. The van der Waals surface area contributed by atoms with Gasteiger partial charge in [0.1, 0.15) is 5.69 Å². The highest BCUT2D eigenvalue weighted by Crippen LogP contribution is 2.17. The molecule has 19 heavy (non-hydrogen) atoms. The fourth-order valence-corrected chi connectivity index (χ4v) is 1.58. The molecule has 1 heterocycles. The fraction of sp³-hybridized carbons (Fsp3) is 0.0714. The Kier molecular flexibility index (Phi) is 3.44. The largest absolute Gasteiger partial charge is 0.399 e. The van der Waals surface area contributed by atoms with Crippen molar-refractivity contribution in [3.63, 3.8) is 0 Å². The minimum atomic E-state index is -0.356. The molecule has 0 aliphatic carbocycles. The van der Waals surface area contributed by atoms with Crippen LogP contribution in [0.15, 0.2) is 36.5 Å². The van der Waals surface area contributed by atoms with E-state index in [2.05, 4.69) is 10.3 Å². The Morgan fingerprint density at radius 3 is 2.84 bits per heavy atom. The summed E-state index contributed by atoms with van der Waals surface area (Å²) in [5.41, 5.74) is 8.26. The first-order valence-corrected chi connectivity index (χ1v) is 5.64. The molecule has 2 rings (SSSR count). The van der Waals surface area contributed by atoms with Crippen LogP contribution in [0.5, 0.6) is 0 Å². The molecule has 3 N–H and O–H groups in total. The maximum atomic E-state index is 12.0. The molecular weight excluding hydrogens is 240 g/mol. The molecule has 0 spiro atoms. The Morgan fingerprint density at radius 1 is 1.37 bits per heavy atom. The van der Waals surface area contributed by atoms with E-state index in [1.165, 1.54) is 12.3 Å². The number of amides is 1. The summed E-state index contributed by atoms with van der Waals surface area (Å²) < 4.78 is 0. The molecule has 0 aliphatic rings. The van der Waals surface area contributed by atoms with Gasteiger partial charge in [-0.3, -0.25) is 9.78 Å². The van der Waals surface area contributed by atoms with Gasteiger partial charge in [0.25, 0.3) is 5.91 Å². The van der Waals surface area contributed by atoms with Gasteiger partial charge >= 0.3 is 0 Å². The van der Waals surface area contributed by atoms with Crippen LogP contribution in [0.2, 0.25) is 0 Å². The summed E-state index contributed by atoms with van der Waals surface area (Å²) in [5, 5.41) is 11.6. The number of rotatable bonds is 2. The van der Waals surface area contributed by atoms with Gasteiger partial charge in [0.2, 0.25) is 0 Å².